The molecule has 2 aromatic carbocycles. The summed E-state index contributed by atoms with van der Waals surface area (Å²) in [4.78, 5) is 28.7. The third-order valence-electron chi connectivity index (χ3n) is 5.49. The van der Waals surface area contributed by atoms with Gasteiger partial charge in [0.1, 0.15) is 18.2 Å². The fourth-order valence-corrected chi connectivity index (χ4v) is 4.53. The third kappa shape index (κ3) is 5.21. The zero-order valence-corrected chi connectivity index (χ0v) is 19.3. The number of methoxy groups -OCH3 is 1. The Labute approximate surface area is 200 Å². The van der Waals surface area contributed by atoms with E-state index in [9.17, 15) is 18.4 Å². The average molecular weight is 484 g/mol. The standard InChI is InChI=1S/C25H23F2N3O3S/c1-33-12-11-29(25(32)17-6-4-7-18(26)14-17)16-24(31)30-22(19-8-2-3-9-20(19)27)15-21(28-30)23-10-5-13-34-23/h2-10,13-14,22H,11-12,15-16H2,1H3/t22-/m0/s1. The molecule has 176 valence electrons. The zero-order chi connectivity index (χ0) is 24.1. The van der Waals surface area contributed by atoms with Crippen molar-refractivity contribution in [2.24, 2.45) is 5.10 Å². The maximum absolute atomic E-state index is 14.7. The third-order valence-corrected chi connectivity index (χ3v) is 6.40. The van der Waals surface area contributed by atoms with Gasteiger partial charge in [-0.15, -0.1) is 11.3 Å². The number of hydrogen-bond acceptors (Lipinski definition) is 5. The van der Waals surface area contributed by atoms with E-state index in [1.165, 1.54) is 52.6 Å². The molecule has 0 saturated heterocycles. The summed E-state index contributed by atoms with van der Waals surface area (Å²) >= 11 is 1.48. The summed E-state index contributed by atoms with van der Waals surface area (Å²) < 4.78 is 33.4. The van der Waals surface area contributed by atoms with Gasteiger partial charge in [0.15, 0.2) is 0 Å². The van der Waals surface area contributed by atoms with Crippen molar-refractivity contribution in [1.82, 2.24) is 9.91 Å². The lowest BCUT2D eigenvalue weighted by Crippen LogP contribution is -2.42. The number of carbonyl (C=O) groups is 2. The van der Waals surface area contributed by atoms with Crippen LogP contribution in [-0.4, -0.2) is 54.2 Å². The molecule has 1 atom stereocenters. The van der Waals surface area contributed by atoms with Crippen molar-refractivity contribution in [3.63, 3.8) is 0 Å². The maximum Gasteiger partial charge on any atom is 0.262 e. The molecular weight excluding hydrogens is 460 g/mol. The van der Waals surface area contributed by atoms with Crippen LogP contribution in [0.1, 0.15) is 33.3 Å². The van der Waals surface area contributed by atoms with E-state index in [4.69, 9.17) is 4.74 Å². The Morgan fingerprint density at radius 3 is 2.68 bits per heavy atom. The van der Waals surface area contributed by atoms with Crippen LogP contribution in [-0.2, 0) is 9.53 Å². The van der Waals surface area contributed by atoms with E-state index < -0.39 is 29.5 Å². The second kappa shape index (κ2) is 10.7. The number of hydrogen-bond donors (Lipinski definition) is 0. The number of rotatable bonds is 8. The molecule has 4 rings (SSSR count). The van der Waals surface area contributed by atoms with Gasteiger partial charge in [-0.1, -0.05) is 30.3 Å². The summed E-state index contributed by atoms with van der Waals surface area (Å²) in [6.45, 7) is -0.00302. The number of carbonyl (C=O) groups excluding carboxylic acids is 2. The number of benzene rings is 2. The van der Waals surface area contributed by atoms with Crippen LogP contribution in [0.5, 0.6) is 0 Å². The van der Waals surface area contributed by atoms with E-state index in [-0.39, 0.29) is 25.3 Å². The van der Waals surface area contributed by atoms with E-state index in [0.717, 1.165) is 10.9 Å². The zero-order valence-electron chi connectivity index (χ0n) is 18.5. The Bertz CT molecular complexity index is 1200. The minimum absolute atomic E-state index is 0.122. The van der Waals surface area contributed by atoms with Crippen molar-refractivity contribution >= 4 is 28.9 Å². The highest BCUT2D eigenvalue weighted by Crippen LogP contribution is 2.35. The second-order valence-corrected chi connectivity index (χ2v) is 8.68. The molecule has 2 heterocycles. The first-order chi connectivity index (χ1) is 16.5. The Morgan fingerprint density at radius 1 is 1.15 bits per heavy atom. The van der Waals surface area contributed by atoms with Crippen molar-refractivity contribution < 1.29 is 23.1 Å². The summed E-state index contributed by atoms with van der Waals surface area (Å²) in [6.07, 6.45) is 0.350. The fraction of sp³-hybridized carbons (Fsp3) is 0.240. The maximum atomic E-state index is 14.7. The summed E-state index contributed by atoms with van der Waals surface area (Å²) in [7, 11) is 1.49. The predicted octanol–water partition coefficient (Wildman–Crippen LogP) is 4.49. The molecule has 6 nitrogen and oxygen atoms in total. The molecule has 34 heavy (non-hydrogen) atoms. The first kappa shape index (κ1) is 23.7. The van der Waals surface area contributed by atoms with Gasteiger partial charge >= 0.3 is 0 Å². The lowest BCUT2D eigenvalue weighted by atomic mass is 10.0. The number of amides is 2. The highest BCUT2D eigenvalue weighted by molar-refractivity contribution is 7.12. The van der Waals surface area contributed by atoms with Gasteiger partial charge in [0.05, 0.1) is 23.2 Å². The largest absolute Gasteiger partial charge is 0.383 e. The van der Waals surface area contributed by atoms with Crippen LogP contribution >= 0.6 is 11.3 Å². The molecule has 3 aromatic rings. The van der Waals surface area contributed by atoms with Crippen LogP contribution in [0, 0.1) is 11.6 Å². The van der Waals surface area contributed by atoms with Crippen molar-refractivity contribution in [1.29, 1.82) is 0 Å². The first-order valence-electron chi connectivity index (χ1n) is 10.7. The minimum Gasteiger partial charge on any atom is -0.383 e. The van der Waals surface area contributed by atoms with Crippen LogP contribution in [0.25, 0.3) is 0 Å². The number of hydrazone groups is 1. The van der Waals surface area contributed by atoms with Crippen molar-refractivity contribution in [2.45, 2.75) is 12.5 Å². The number of nitrogens with zero attached hydrogens (tertiary/aromatic N) is 3. The van der Waals surface area contributed by atoms with Crippen molar-refractivity contribution in [3.05, 3.63) is 93.7 Å². The molecule has 0 fully saturated rings. The number of ether oxygens (including phenoxy) is 1. The van der Waals surface area contributed by atoms with Crippen LogP contribution in [0.3, 0.4) is 0 Å². The minimum atomic E-state index is -0.639. The van der Waals surface area contributed by atoms with E-state index in [1.54, 1.807) is 18.2 Å². The van der Waals surface area contributed by atoms with Gasteiger partial charge in [0.25, 0.3) is 11.8 Å². The Kier molecular flexibility index (Phi) is 7.44. The molecular formula is C25H23F2N3O3S. The second-order valence-electron chi connectivity index (χ2n) is 7.73. The summed E-state index contributed by atoms with van der Waals surface area (Å²) in [6, 6.07) is 14.7. The summed E-state index contributed by atoms with van der Waals surface area (Å²) in [5, 5.41) is 7.69. The van der Waals surface area contributed by atoms with E-state index in [0.29, 0.717) is 17.7 Å². The van der Waals surface area contributed by atoms with Gasteiger partial charge in [0, 0.05) is 31.2 Å². The molecule has 0 radical (unpaired) electrons. The van der Waals surface area contributed by atoms with Gasteiger partial charge in [0.2, 0.25) is 0 Å². The van der Waals surface area contributed by atoms with E-state index in [2.05, 4.69) is 5.10 Å². The molecule has 0 unspecified atom stereocenters. The van der Waals surface area contributed by atoms with Gasteiger partial charge in [-0.25, -0.2) is 13.8 Å². The Balaban J connectivity index is 1.62. The van der Waals surface area contributed by atoms with Crippen molar-refractivity contribution in [3.8, 4) is 0 Å². The molecule has 1 aliphatic heterocycles. The van der Waals surface area contributed by atoms with Gasteiger partial charge in [-0.2, -0.15) is 5.10 Å². The van der Waals surface area contributed by atoms with E-state index in [1.807, 2.05) is 17.5 Å². The predicted molar refractivity (Wildman–Crippen MR) is 126 cm³/mol. The smallest absolute Gasteiger partial charge is 0.262 e. The van der Waals surface area contributed by atoms with Crippen LogP contribution in [0.4, 0.5) is 8.78 Å². The summed E-state index contributed by atoms with van der Waals surface area (Å²) in [5.74, 6) is -1.96. The number of thiophene rings is 1. The molecule has 0 bridgehead atoms. The highest BCUT2D eigenvalue weighted by Gasteiger charge is 2.36. The first-order valence-corrected chi connectivity index (χ1v) is 11.6. The Hall–Kier alpha value is -3.43. The molecule has 1 aliphatic rings. The van der Waals surface area contributed by atoms with Gasteiger partial charge in [-0.05, 0) is 35.7 Å². The van der Waals surface area contributed by atoms with Gasteiger partial charge < -0.3 is 9.64 Å². The monoisotopic (exact) mass is 483 g/mol. The molecule has 0 saturated carbocycles. The van der Waals surface area contributed by atoms with Crippen molar-refractivity contribution in [2.75, 3.05) is 26.8 Å². The quantitative estimate of drug-likeness (QED) is 0.474. The number of halogens is 2. The van der Waals surface area contributed by atoms with E-state index >= 15 is 0 Å². The molecule has 2 amide bonds. The van der Waals surface area contributed by atoms with Crippen LogP contribution in [0.2, 0.25) is 0 Å². The molecule has 1 aromatic heterocycles. The average Bonchev–Trinajstić information content (AvgIpc) is 3.52. The van der Waals surface area contributed by atoms with Crippen LogP contribution < -0.4 is 0 Å². The van der Waals surface area contributed by atoms with Gasteiger partial charge in [-0.3, -0.25) is 9.59 Å². The lowest BCUT2D eigenvalue weighted by Gasteiger charge is -2.27. The van der Waals surface area contributed by atoms with Crippen LogP contribution in [0.15, 0.2) is 71.1 Å². The summed E-state index contributed by atoms with van der Waals surface area (Å²) in [5.41, 5.74) is 1.15. The molecule has 0 N–H and O–H groups in total. The topological polar surface area (TPSA) is 62.2 Å². The SMILES string of the molecule is COCCN(CC(=O)N1N=C(c2cccs2)C[C@H]1c1ccccc1F)C(=O)c1cccc(F)c1. The molecule has 9 heteroatoms. The highest BCUT2D eigenvalue weighted by atomic mass is 32.1. The normalized spacial score (nSPS) is 15.3. The Morgan fingerprint density at radius 2 is 1.97 bits per heavy atom. The fourth-order valence-electron chi connectivity index (χ4n) is 3.81. The molecule has 0 aliphatic carbocycles. The lowest BCUT2D eigenvalue weighted by molar-refractivity contribution is -0.133. The molecule has 0 spiro atoms.